The first-order valence-electron chi connectivity index (χ1n) is 5.00. The molecular weight excluding hydrogens is 220 g/mol. The molecule has 0 amide bonds. The third-order valence-electron chi connectivity index (χ3n) is 2.59. The lowest BCUT2D eigenvalue weighted by atomic mass is 9.99. The molecule has 0 radical (unpaired) electrons. The average molecular weight is 230 g/mol. The van der Waals surface area contributed by atoms with Gasteiger partial charge in [-0.05, 0) is 29.8 Å². The molecule has 4 nitrogen and oxygen atoms in total. The quantitative estimate of drug-likeness (QED) is 0.831. The zero-order chi connectivity index (χ0) is 12.6. The van der Waals surface area contributed by atoms with Gasteiger partial charge in [0.25, 0.3) is 0 Å². The van der Waals surface area contributed by atoms with E-state index in [0.29, 0.717) is 10.8 Å². The fourth-order valence-electron chi connectivity index (χ4n) is 1.77. The largest absolute Gasteiger partial charge is 0.478 e. The van der Waals surface area contributed by atoms with E-state index < -0.39 is 11.9 Å². The molecule has 0 aromatic heterocycles. The van der Waals surface area contributed by atoms with Crippen LogP contribution >= 0.6 is 0 Å². The molecule has 2 aromatic rings. The SMILES string of the molecule is Cc1ccc2cc(C(=O)O)cc(C(=O)O)c2c1. The summed E-state index contributed by atoms with van der Waals surface area (Å²) in [5.41, 5.74) is 0.936. The van der Waals surface area contributed by atoms with Crippen LogP contribution in [0.3, 0.4) is 0 Å². The van der Waals surface area contributed by atoms with Crippen LogP contribution in [0.4, 0.5) is 0 Å². The molecule has 2 N–H and O–H groups in total. The van der Waals surface area contributed by atoms with Crippen molar-refractivity contribution in [3.05, 3.63) is 47.0 Å². The van der Waals surface area contributed by atoms with E-state index in [4.69, 9.17) is 10.2 Å². The van der Waals surface area contributed by atoms with Gasteiger partial charge in [-0.1, -0.05) is 23.8 Å². The van der Waals surface area contributed by atoms with Crippen LogP contribution in [0.25, 0.3) is 10.8 Å². The summed E-state index contributed by atoms with van der Waals surface area (Å²) in [5.74, 6) is -2.25. The summed E-state index contributed by atoms with van der Waals surface area (Å²) in [6.07, 6.45) is 0. The maximum absolute atomic E-state index is 11.1. The van der Waals surface area contributed by atoms with Crippen LogP contribution in [0.15, 0.2) is 30.3 Å². The van der Waals surface area contributed by atoms with E-state index in [-0.39, 0.29) is 11.1 Å². The maximum Gasteiger partial charge on any atom is 0.336 e. The lowest BCUT2D eigenvalue weighted by Crippen LogP contribution is -2.03. The van der Waals surface area contributed by atoms with Gasteiger partial charge in [-0.3, -0.25) is 0 Å². The van der Waals surface area contributed by atoms with E-state index in [1.807, 2.05) is 13.0 Å². The Morgan fingerprint density at radius 2 is 1.71 bits per heavy atom. The van der Waals surface area contributed by atoms with Crippen LogP contribution < -0.4 is 0 Å². The van der Waals surface area contributed by atoms with Gasteiger partial charge in [0, 0.05) is 0 Å². The Balaban J connectivity index is 2.86. The highest BCUT2D eigenvalue weighted by molar-refractivity contribution is 6.07. The van der Waals surface area contributed by atoms with Gasteiger partial charge in [0.15, 0.2) is 0 Å². The van der Waals surface area contributed by atoms with Crippen molar-refractivity contribution in [3.8, 4) is 0 Å². The van der Waals surface area contributed by atoms with Gasteiger partial charge in [-0.2, -0.15) is 0 Å². The average Bonchev–Trinajstić information content (AvgIpc) is 2.27. The highest BCUT2D eigenvalue weighted by atomic mass is 16.4. The molecule has 0 bridgehead atoms. The van der Waals surface area contributed by atoms with E-state index in [9.17, 15) is 9.59 Å². The first-order chi connectivity index (χ1) is 7.99. The van der Waals surface area contributed by atoms with Crippen molar-refractivity contribution in [2.45, 2.75) is 6.92 Å². The Bertz CT molecular complexity index is 629. The minimum absolute atomic E-state index is 0.0150. The number of carbonyl (C=O) groups is 2. The molecule has 2 rings (SSSR count). The molecule has 17 heavy (non-hydrogen) atoms. The minimum atomic E-state index is -1.13. The number of carboxylic acids is 2. The van der Waals surface area contributed by atoms with Crippen LogP contribution in [-0.2, 0) is 0 Å². The van der Waals surface area contributed by atoms with Crippen molar-refractivity contribution in [3.63, 3.8) is 0 Å². The molecular formula is C13H10O4. The molecule has 0 atom stereocenters. The summed E-state index contributed by atoms with van der Waals surface area (Å²) < 4.78 is 0. The van der Waals surface area contributed by atoms with Gasteiger partial charge < -0.3 is 10.2 Å². The maximum atomic E-state index is 11.1. The predicted octanol–water partition coefficient (Wildman–Crippen LogP) is 2.54. The van der Waals surface area contributed by atoms with Crippen molar-refractivity contribution >= 4 is 22.7 Å². The third-order valence-corrected chi connectivity index (χ3v) is 2.59. The van der Waals surface area contributed by atoms with E-state index >= 15 is 0 Å². The van der Waals surface area contributed by atoms with Crippen LogP contribution in [0.2, 0.25) is 0 Å². The number of hydrogen-bond acceptors (Lipinski definition) is 2. The Labute approximate surface area is 97.1 Å². The zero-order valence-corrected chi connectivity index (χ0v) is 9.10. The normalized spacial score (nSPS) is 10.4. The first-order valence-corrected chi connectivity index (χ1v) is 5.00. The second kappa shape index (κ2) is 3.90. The van der Waals surface area contributed by atoms with Crippen LogP contribution in [-0.4, -0.2) is 22.2 Å². The number of hydrogen-bond donors (Lipinski definition) is 2. The zero-order valence-electron chi connectivity index (χ0n) is 9.10. The Morgan fingerprint density at radius 3 is 2.29 bits per heavy atom. The molecule has 0 saturated heterocycles. The number of rotatable bonds is 2. The minimum Gasteiger partial charge on any atom is -0.478 e. The van der Waals surface area contributed by atoms with E-state index in [1.54, 1.807) is 12.1 Å². The summed E-state index contributed by atoms with van der Waals surface area (Å²) in [4.78, 5) is 22.0. The number of aromatic carboxylic acids is 2. The van der Waals surface area contributed by atoms with Crippen molar-refractivity contribution in [1.82, 2.24) is 0 Å². The third kappa shape index (κ3) is 1.97. The summed E-state index contributed by atoms with van der Waals surface area (Å²) in [6, 6.07) is 7.95. The predicted molar refractivity (Wildman–Crippen MR) is 62.6 cm³/mol. The fraction of sp³-hybridized carbons (Fsp3) is 0.0769. The van der Waals surface area contributed by atoms with E-state index in [2.05, 4.69) is 0 Å². The second-order valence-electron chi connectivity index (χ2n) is 3.86. The standard InChI is InChI=1S/C13H10O4/c1-7-2-3-8-5-9(12(14)15)6-11(13(16)17)10(8)4-7/h2-6H,1H3,(H,14,15)(H,16,17). The lowest BCUT2D eigenvalue weighted by molar-refractivity contribution is 0.0696. The van der Waals surface area contributed by atoms with Crippen molar-refractivity contribution < 1.29 is 19.8 Å². The summed E-state index contributed by atoms with van der Waals surface area (Å²) >= 11 is 0. The fourth-order valence-corrected chi connectivity index (χ4v) is 1.77. The topological polar surface area (TPSA) is 74.6 Å². The van der Waals surface area contributed by atoms with Gasteiger partial charge in [0.2, 0.25) is 0 Å². The molecule has 0 saturated carbocycles. The highest BCUT2D eigenvalue weighted by Gasteiger charge is 2.13. The summed E-state index contributed by atoms with van der Waals surface area (Å²) in [5, 5.41) is 19.2. The first kappa shape index (κ1) is 11.1. The number of carboxylic acid groups (broad SMARTS) is 2. The summed E-state index contributed by atoms with van der Waals surface area (Å²) in [6.45, 7) is 1.86. The molecule has 0 heterocycles. The van der Waals surface area contributed by atoms with Crippen molar-refractivity contribution in [2.24, 2.45) is 0 Å². The Kier molecular flexibility index (Phi) is 2.55. The number of fused-ring (bicyclic) bond motifs is 1. The van der Waals surface area contributed by atoms with Crippen molar-refractivity contribution in [2.75, 3.05) is 0 Å². The molecule has 2 aromatic carbocycles. The molecule has 0 aliphatic rings. The van der Waals surface area contributed by atoms with Crippen LogP contribution in [0, 0.1) is 6.92 Å². The monoisotopic (exact) mass is 230 g/mol. The second-order valence-corrected chi connectivity index (χ2v) is 3.86. The van der Waals surface area contributed by atoms with E-state index in [1.165, 1.54) is 12.1 Å². The van der Waals surface area contributed by atoms with Crippen LogP contribution in [0.1, 0.15) is 26.3 Å². The van der Waals surface area contributed by atoms with E-state index in [0.717, 1.165) is 5.56 Å². The summed E-state index contributed by atoms with van der Waals surface area (Å²) in [7, 11) is 0. The molecule has 0 unspecified atom stereocenters. The smallest absolute Gasteiger partial charge is 0.336 e. The van der Waals surface area contributed by atoms with Gasteiger partial charge in [0.05, 0.1) is 11.1 Å². The molecule has 0 fully saturated rings. The Hall–Kier alpha value is -2.36. The van der Waals surface area contributed by atoms with Gasteiger partial charge >= 0.3 is 11.9 Å². The number of benzene rings is 2. The molecule has 0 aliphatic carbocycles. The highest BCUT2D eigenvalue weighted by Crippen LogP contribution is 2.22. The van der Waals surface area contributed by atoms with Gasteiger partial charge in [-0.15, -0.1) is 0 Å². The molecule has 86 valence electrons. The van der Waals surface area contributed by atoms with Gasteiger partial charge in [-0.25, -0.2) is 9.59 Å². The molecule has 0 spiro atoms. The molecule has 4 heteroatoms. The lowest BCUT2D eigenvalue weighted by Gasteiger charge is -2.05. The van der Waals surface area contributed by atoms with Crippen molar-refractivity contribution in [1.29, 1.82) is 0 Å². The number of aryl methyl sites for hydroxylation is 1. The van der Waals surface area contributed by atoms with Crippen LogP contribution in [0.5, 0.6) is 0 Å². The van der Waals surface area contributed by atoms with Gasteiger partial charge in [0.1, 0.15) is 0 Å². The molecule has 0 aliphatic heterocycles. The Morgan fingerprint density at radius 1 is 1.00 bits per heavy atom.